The second-order valence-corrected chi connectivity index (χ2v) is 7.16. The fourth-order valence-electron chi connectivity index (χ4n) is 3.80. The molecule has 24 heavy (non-hydrogen) atoms. The molecular weight excluding hydrogens is 302 g/mol. The van der Waals surface area contributed by atoms with Crippen molar-refractivity contribution < 1.29 is 9.90 Å². The molecule has 2 heterocycles. The lowest BCUT2D eigenvalue weighted by atomic mass is 9.99. The number of phenolic OH excluding ortho intramolecular Hbond substituents is 1. The van der Waals surface area contributed by atoms with E-state index in [9.17, 15) is 9.90 Å². The summed E-state index contributed by atoms with van der Waals surface area (Å²) in [5.41, 5.74) is 1.12. The smallest absolute Gasteiger partial charge is 0.224 e. The molecule has 1 aromatic carbocycles. The molecule has 0 spiro atoms. The average Bonchev–Trinajstić information content (AvgIpc) is 2.57. The number of likely N-dealkylation sites (tertiary alicyclic amines) is 1. The monoisotopic (exact) mass is 331 g/mol. The molecule has 0 saturated carbocycles. The number of rotatable bonds is 4. The van der Waals surface area contributed by atoms with Crippen LogP contribution in [0, 0.1) is 0 Å². The van der Waals surface area contributed by atoms with Crippen molar-refractivity contribution >= 4 is 5.91 Å². The molecule has 2 fully saturated rings. The maximum atomic E-state index is 12.6. The Hall–Kier alpha value is -1.59. The van der Waals surface area contributed by atoms with Crippen LogP contribution in [0.2, 0.25) is 0 Å². The van der Waals surface area contributed by atoms with Gasteiger partial charge in [0.1, 0.15) is 5.75 Å². The van der Waals surface area contributed by atoms with Crippen molar-refractivity contribution in [1.82, 2.24) is 14.7 Å². The Morgan fingerprint density at radius 2 is 1.96 bits per heavy atom. The summed E-state index contributed by atoms with van der Waals surface area (Å²) in [7, 11) is 2.14. The SMILES string of the molecule is CN1CCCC[C@H]1CC(=O)N1CCN(Cc2cccc(O)c2)CC1. The zero-order valence-corrected chi connectivity index (χ0v) is 14.7. The van der Waals surface area contributed by atoms with E-state index in [-0.39, 0.29) is 0 Å². The minimum Gasteiger partial charge on any atom is -0.508 e. The number of nitrogens with zero attached hydrogens (tertiary/aromatic N) is 3. The highest BCUT2D eigenvalue weighted by Gasteiger charge is 2.26. The van der Waals surface area contributed by atoms with E-state index in [1.165, 1.54) is 12.8 Å². The third-order valence-electron chi connectivity index (χ3n) is 5.37. The molecule has 1 aromatic rings. The normalized spacial score (nSPS) is 23.4. The van der Waals surface area contributed by atoms with Gasteiger partial charge >= 0.3 is 0 Å². The Morgan fingerprint density at radius 3 is 2.67 bits per heavy atom. The van der Waals surface area contributed by atoms with Crippen LogP contribution in [0.15, 0.2) is 24.3 Å². The van der Waals surface area contributed by atoms with Gasteiger partial charge in [-0.2, -0.15) is 0 Å². The number of piperidine rings is 1. The minimum atomic E-state index is 0.311. The summed E-state index contributed by atoms with van der Waals surface area (Å²) in [6.07, 6.45) is 4.33. The van der Waals surface area contributed by atoms with Crippen LogP contribution in [-0.4, -0.2) is 71.5 Å². The number of amides is 1. The Bertz CT molecular complexity index is 555. The molecule has 2 aliphatic heterocycles. The van der Waals surface area contributed by atoms with E-state index in [2.05, 4.69) is 16.8 Å². The number of hydrogen-bond donors (Lipinski definition) is 1. The molecule has 0 aromatic heterocycles. The topological polar surface area (TPSA) is 47.0 Å². The number of carbonyl (C=O) groups excluding carboxylic acids is 1. The van der Waals surface area contributed by atoms with Crippen molar-refractivity contribution in [3.05, 3.63) is 29.8 Å². The van der Waals surface area contributed by atoms with E-state index in [1.807, 2.05) is 23.1 Å². The van der Waals surface area contributed by atoms with Crippen molar-refractivity contribution in [2.24, 2.45) is 0 Å². The number of aromatic hydroxyl groups is 1. The molecule has 5 heteroatoms. The van der Waals surface area contributed by atoms with Crippen LogP contribution in [0.5, 0.6) is 5.75 Å². The van der Waals surface area contributed by atoms with Gasteiger partial charge in [0.15, 0.2) is 0 Å². The van der Waals surface area contributed by atoms with Gasteiger partial charge in [0.25, 0.3) is 0 Å². The van der Waals surface area contributed by atoms with Crippen molar-refractivity contribution in [3.8, 4) is 5.75 Å². The molecule has 132 valence electrons. The molecule has 0 radical (unpaired) electrons. The third-order valence-corrected chi connectivity index (χ3v) is 5.37. The van der Waals surface area contributed by atoms with Gasteiger partial charge in [0.05, 0.1) is 0 Å². The maximum absolute atomic E-state index is 12.6. The summed E-state index contributed by atoms with van der Waals surface area (Å²) < 4.78 is 0. The van der Waals surface area contributed by atoms with Crippen LogP contribution in [0.1, 0.15) is 31.2 Å². The number of piperazine rings is 1. The molecule has 1 atom stereocenters. The second-order valence-electron chi connectivity index (χ2n) is 7.16. The average molecular weight is 331 g/mol. The lowest BCUT2D eigenvalue weighted by molar-refractivity contribution is -0.134. The number of hydrogen-bond acceptors (Lipinski definition) is 4. The molecule has 5 nitrogen and oxygen atoms in total. The van der Waals surface area contributed by atoms with Gasteiger partial charge in [-0.05, 0) is 44.1 Å². The maximum Gasteiger partial charge on any atom is 0.224 e. The lowest BCUT2D eigenvalue weighted by Crippen LogP contribution is -2.50. The summed E-state index contributed by atoms with van der Waals surface area (Å²) in [4.78, 5) is 19.3. The van der Waals surface area contributed by atoms with Gasteiger partial charge in [-0.1, -0.05) is 18.6 Å². The molecule has 1 amide bonds. The first kappa shape index (κ1) is 17.2. The molecule has 2 aliphatic rings. The molecule has 1 N–H and O–H groups in total. The number of benzene rings is 1. The Balaban J connectivity index is 1.45. The predicted molar refractivity (Wildman–Crippen MR) is 94.8 cm³/mol. The molecular formula is C19H29N3O2. The van der Waals surface area contributed by atoms with Gasteiger partial charge in [-0.3, -0.25) is 9.69 Å². The largest absolute Gasteiger partial charge is 0.508 e. The van der Waals surface area contributed by atoms with Crippen LogP contribution in [0.25, 0.3) is 0 Å². The minimum absolute atomic E-state index is 0.311. The summed E-state index contributed by atoms with van der Waals surface area (Å²) in [6.45, 7) is 5.39. The van der Waals surface area contributed by atoms with Crippen LogP contribution in [0.4, 0.5) is 0 Å². The predicted octanol–water partition coefficient (Wildman–Crippen LogP) is 1.91. The van der Waals surface area contributed by atoms with Gasteiger partial charge in [0, 0.05) is 45.2 Å². The third kappa shape index (κ3) is 4.48. The highest BCUT2D eigenvalue weighted by molar-refractivity contribution is 5.77. The van der Waals surface area contributed by atoms with Crippen molar-refractivity contribution in [3.63, 3.8) is 0 Å². The van der Waals surface area contributed by atoms with E-state index < -0.39 is 0 Å². The highest BCUT2D eigenvalue weighted by Crippen LogP contribution is 2.19. The van der Waals surface area contributed by atoms with Crippen LogP contribution in [0.3, 0.4) is 0 Å². The van der Waals surface area contributed by atoms with Gasteiger partial charge < -0.3 is 14.9 Å². The van der Waals surface area contributed by atoms with E-state index >= 15 is 0 Å². The van der Waals surface area contributed by atoms with Crippen molar-refractivity contribution in [2.45, 2.75) is 38.3 Å². The van der Waals surface area contributed by atoms with Crippen molar-refractivity contribution in [1.29, 1.82) is 0 Å². The molecule has 3 rings (SSSR count). The molecule has 0 bridgehead atoms. The van der Waals surface area contributed by atoms with E-state index in [0.717, 1.165) is 51.3 Å². The standard InChI is InChI=1S/C19H29N3O2/c1-20-8-3-2-6-17(20)14-19(24)22-11-9-21(10-12-22)15-16-5-4-7-18(23)13-16/h4-5,7,13,17,23H,2-3,6,8-12,14-15H2,1H3/t17-/m0/s1. The summed E-state index contributed by atoms with van der Waals surface area (Å²) >= 11 is 0. The zero-order chi connectivity index (χ0) is 16.9. The fourth-order valence-corrected chi connectivity index (χ4v) is 3.80. The summed E-state index contributed by atoms with van der Waals surface area (Å²) in [6, 6.07) is 7.86. The Labute approximate surface area is 144 Å². The first-order valence-electron chi connectivity index (χ1n) is 9.10. The molecule has 0 unspecified atom stereocenters. The number of phenols is 1. The Morgan fingerprint density at radius 1 is 1.17 bits per heavy atom. The quantitative estimate of drug-likeness (QED) is 0.916. The van der Waals surface area contributed by atoms with Crippen LogP contribution in [-0.2, 0) is 11.3 Å². The fraction of sp³-hybridized carbons (Fsp3) is 0.632. The summed E-state index contributed by atoms with van der Waals surface area (Å²) in [5, 5.41) is 9.56. The van der Waals surface area contributed by atoms with E-state index in [0.29, 0.717) is 24.1 Å². The van der Waals surface area contributed by atoms with Crippen LogP contribution < -0.4 is 0 Å². The second kappa shape index (κ2) is 7.99. The van der Waals surface area contributed by atoms with Gasteiger partial charge in [0.2, 0.25) is 5.91 Å². The highest BCUT2D eigenvalue weighted by atomic mass is 16.3. The van der Waals surface area contributed by atoms with E-state index in [1.54, 1.807) is 6.07 Å². The van der Waals surface area contributed by atoms with Crippen LogP contribution >= 0.6 is 0 Å². The van der Waals surface area contributed by atoms with Crippen molar-refractivity contribution in [2.75, 3.05) is 39.8 Å². The van der Waals surface area contributed by atoms with E-state index in [4.69, 9.17) is 0 Å². The number of carbonyl (C=O) groups is 1. The Kier molecular flexibility index (Phi) is 5.74. The lowest BCUT2D eigenvalue weighted by Gasteiger charge is -2.37. The molecule has 2 saturated heterocycles. The zero-order valence-electron chi connectivity index (χ0n) is 14.7. The first-order chi connectivity index (χ1) is 11.6. The summed E-state index contributed by atoms with van der Waals surface area (Å²) in [5.74, 6) is 0.628. The van der Waals surface area contributed by atoms with Gasteiger partial charge in [-0.25, -0.2) is 0 Å². The molecule has 0 aliphatic carbocycles. The van der Waals surface area contributed by atoms with Gasteiger partial charge in [-0.15, -0.1) is 0 Å². The first-order valence-corrected chi connectivity index (χ1v) is 9.10.